The lowest BCUT2D eigenvalue weighted by molar-refractivity contribution is 0.581. The second-order valence-electron chi connectivity index (χ2n) is 3.03. The number of benzene rings is 1. The molecule has 0 atom stereocenters. The van der Waals surface area contributed by atoms with Gasteiger partial charge in [0.25, 0.3) is 0 Å². The molecule has 1 N–H and O–H groups in total. The molecular formula is C10H12N2O2S. The van der Waals surface area contributed by atoms with Crippen LogP contribution in [0.5, 0.6) is 0 Å². The molecule has 0 aliphatic rings. The van der Waals surface area contributed by atoms with Gasteiger partial charge in [-0.1, -0.05) is 6.92 Å². The van der Waals surface area contributed by atoms with Crippen molar-refractivity contribution in [3.05, 3.63) is 29.8 Å². The minimum absolute atomic E-state index is 0.190. The predicted octanol–water partition coefficient (Wildman–Crippen LogP) is 1.25. The Morgan fingerprint density at radius 1 is 1.33 bits per heavy atom. The Morgan fingerprint density at radius 3 is 2.40 bits per heavy atom. The first kappa shape index (κ1) is 11.7. The van der Waals surface area contributed by atoms with Crippen LogP contribution in [-0.4, -0.2) is 15.0 Å². The van der Waals surface area contributed by atoms with Crippen molar-refractivity contribution in [2.45, 2.75) is 18.2 Å². The van der Waals surface area contributed by atoms with Gasteiger partial charge in [0.1, 0.15) is 0 Å². The topological polar surface area (TPSA) is 70.0 Å². The van der Waals surface area contributed by atoms with Gasteiger partial charge in [0.05, 0.1) is 16.5 Å². The Balaban J connectivity index is 2.92. The van der Waals surface area contributed by atoms with E-state index < -0.39 is 10.0 Å². The standard InChI is InChI=1S/C10H12N2O2S/c1-2-7-12-15(13,14)10-5-3-9(8-11)4-6-10/h3-6,12H,2,7H2,1H3. The molecular weight excluding hydrogens is 212 g/mol. The molecule has 1 aromatic rings. The highest BCUT2D eigenvalue weighted by Gasteiger charge is 2.11. The van der Waals surface area contributed by atoms with Crippen molar-refractivity contribution in [1.82, 2.24) is 4.72 Å². The summed E-state index contributed by atoms with van der Waals surface area (Å²) in [7, 11) is -3.41. The summed E-state index contributed by atoms with van der Waals surface area (Å²) in [6.45, 7) is 2.31. The van der Waals surface area contributed by atoms with Crippen LogP contribution in [0.1, 0.15) is 18.9 Å². The second-order valence-corrected chi connectivity index (χ2v) is 4.80. The minimum Gasteiger partial charge on any atom is -0.211 e. The molecule has 0 unspecified atom stereocenters. The van der Waals surface area contributed by atoms with E-state index in [1.807, 2.05) is 13.0 Å². The van der Waals surface area contributed by atoms with Crippen molar-refractivity contribution < 1.29 is 8.42 Å². The molecule has 0 bridgehead atoms. The summed E-state index contributed by atoms with van der Waals surface area (Å²) in [5.74, 6) is 0. The molecule has 80 valence electrons. The van der Waals surface area contributed by atoms with Crippen LogP contribution in [0, 0.1) is 11.3 Å². The van der Waals surface area contributed by atoms with E-state index in [1.165, 1.54) is 24.3 Å². The van der Waals surface area contributed by atoms with Gasteiger partial charge in [-0.05, 0) is 30.7 Å². The summed E-state index contributed by atoms with van der Waals surface area (Å²) in [6, 6.07) is 7.76. The SMILES string of the molecule is CCCNS(=O)(=O)c1ccc(C#N)cc1. The zero-order valence-corrected chi connectivity index (χ0v) is 9.21. The van der Waals surface area contributed by atoms with Crippen LogP contribution in [-0.2, 0) is 10.0 Å². The average Bonchev–Trinajstić information content (AvgIpc) is 2.26. The molecule has 0 saturated heterocycles. The number of hydrogen-bond acceptors (Lipinski definition) is 3. The molecule has 0 heterocycles. The molecule has 15 heavy (non-hydrogen) atoms. The van der Waals surface area contributed by atoms with Gasteiger partial charge in [-0.15, -0.1) is 0 Å². The summed E-state index contributed by atoms with van der Waals surface area (Å²) in [5, 5.41) is 8.56. The van der Waals surface area contributed by atoms with E-state index >= 15 is 0 Å². The molecule has 0 saturated carbocycles. The maximum Gasteiger partial charge on any atom is 0.240 e. The zero-order valence-electron chi connectivity index (χ0n) is 8.40. The van der Waals surface area contributed by atoms with E-state index in [1.54, 1.807) is 0 Å². The highest BCUT2D eigenvalue weighted by Crippen LogP contribution is 2.09. The Labute approximate surface area is 89.6 Å². The van der Waals surface area contributed by atoms with Crippen molar-refractivity contribution in [3.63, 3.8) is 0 Å². The van der Waals surface area contributed by atoms with Crippen molar-refractivity contribution in [1.29, 1.82) is 5.26 Å². The summed E-state index contributed by atoms with van der Waals surface area (Å²) in [4.78, 5) is 0.190. The van der Waals surface area contributed by atoms with Crippen LogP contribution >= 0.6 is 0 Å². The van der Waals surface area contributed by atoms with Crippen LogP contribution in [0.3, 0.4) is 0 Å². The maximum atomic E-state index is 11.6. The fourth-order valence-corrected chi connectivity index (χ4v) is 2.16. The van der Waals surface area contributed by atoms with Crippen molar-refractivity contribution in [2.75, 3.05) is 6.54 Å². The quantitative estimate of drug-likeness (QED) is 0.836. The van der Waals surface area contributed by atoms with E-state index in [4.69, 9.17) is 5.26 Å². The minimum atomic E-state index is -3.41. The Kier molecular flexibility index (Phi) is 3.83. The normalized spacial score (nSPS) is 10.9. The molecule has 1 rings (SSSR count). The van der Waals surface area contributed by atoms with Crippen LogP contribution in [0.4, 0.5) is 0 Å². The summed E-state index contributed by atoms with van der Waals surface area (Å²) in [5.41, 5.74) is 0.449. The van der Waals surface area contributed by atoms with Gasteiger partial charge in [-0.25, -0.2) is 13.1 Å². The number of nitrogens with one attached hydrogen (secondary N) is 1. The molecule has 0 aromatic heterocycles. The van der Waals surface area contributed by atoms with Crippen LogP contribution in [0.2, 0.25) is 0 Å². The molecule has 0 spiro atoms. The van der Waals surface area contributed by atoms with E-state index in [0.717, 1.165) is 6.42 Å². The molecule has 0 fully saturated rings. The second kappa shape index (κ2) is 4.91. The maximum absolute atomic E-state index is 11.6. The van der Waals surface area contributed by atoms with Gasteiger partial charge in [0.15, 0.2) is 0 Å². The van der Waals surface area contributed by atoms with Gasteiger partial charge in [0.2, 0.25) is 10.0 Å². The Hall–Kier alpha value is -1.38. The van der Waals surface area contributed by atoms with Crippen LogP contribution in [0.15, 0.2) is 29.2 Å². The monoisotopic (exact) mass is 224 g/mol. The van der Waals surface area contributed by atoms with E-state index in [0.29, 0.717) is 12.1 Å². The predicted molar refractivity (Wildman–Crippen MR) is 56.6 cm³/mol. The molecule has 4 nitrogen and oxygen atoms in total. The van der Waals surface area contributed by atoms with E-state index in [-0.39, 0.29) is 4.90 Å². The van der Waals surface area contributed by atoms with Crippen LogP contribution < -0.4 is 4.72 Å². The van der Waals surface area contributed by atoms with Gasteiger partial charge in [-0.2, -0.15) is 5.26 Å². The highest BCUT2D eigenvalue weighted by molar-refractivity contribution is 7.89. The van der Waals surface area contributed by atoms with Crippen molar-refractivity contribution in [2.24, 2.45) is 0 Å². The smallest absolute Gasteiger partial charge is 0.211 e. The zero-order chi connectivity index (χ0) is 11.3. The first-order valence-electron chi connectivity index (χ1n) is 4.60. The molecule has 0 aliphatic carbocycles. The lowest BCUT2D eigenvalue weighted by Gasteiger charge is -2.04. The fourth-order valence-electron chi connectivity index (χ4n) is 1.03. The van der Waals surface area contributed by atoms with Crippen molar-refractivity contribution in [3.8, 4) is 6.07 Å². The first-order valence-corrected chi connectivity index (χ1v) is 6.08. The molecule has 0 radical (unpaired) electrons. The number of nitrogens with zero attached hydrogens (tertiary/aromatic N) is 1. The number of hydrogen-bond donors (Lipinski definition) is 1. The molecule has 0 amide bonds. The van der Waals surface area contributed by atoms with Gasteiger partial charge < -0.3 is 0 Å². The number of rotatable bonds is 4. The van der Waals surface area contributed by atoms with E-state index in [2.05, 4.69) is 4.72 Å². The highest BCUT2D eigenvalue weighted by atomic mass is 32.2. The summed E-state index contributed by atoms with van der Waals surface area (Å²) >= 11 is 0. The number of sulfonamides is 1. The van der Waals surface area contributed by atoms with Gasteiger partial charge in [0, 0.05) is 6.54 Å². The third-order valence-electron chi connectivity index (χ3n) is 1.84. The Bertz CT molecular complexity index is 457. The summed E-state index contributed by atoms with van der Waals surface area (Å²) < 4.78 is 25.6. The molecule has 1 aromatic carbocycles. The molecule has 0 aliphatic heterocycles. The third kappa shape index (κ3) is 3.05. The number of nitriles is 1. The first-order chi connectivity index (χ1) is 7.10. The Morgan fingerprint density at radius 2 is 1.93 bits per heavy atom. The van der Waals surface area contributed by atoms with Gasteiger partial charge >= 0.3 is 0 Å². The third-order valence-corrected chi connectivity index (χ3v) is 3.31. The van der Waals surface area contributed by atoms with Crippen LogP contribution in [0.25, 0.3) is 0 Å². The lowest BCUT2D eigenvalue weighted by Crippen LogP contribution is -2.24. The lowest BCUT2D eigenvalue weighted by atomic mass is 10.2. The largest absolute Gasteiger partial charge is 0.240 e. The fraction of sp³-hybridized carbons (Fsp3) is 0.300. The molecule has 5 heteroatoms. The van der Waals surface area contributed by atoms with E-state index in [9.17, 15) is 8.42 Å². The van der Waals surface area contributed by atoms with Gasteiger partial charge in [-0.3, -0.25) is 0 Å². The average molecular weight is 224 g/mol. The van der Waals surface area contributed by atoms with Crippen molar-refractivity contribution >= 4 is 10.0 Å². The summed E-state index contributed by atoms with van der Waals surface area (Å²) in [6.07, 6.45) is 0.746.